The second kappa shape index (κ2) is 10.6. The number of amides is 2. The Morgan fingerprint density at radius 2 is 2.00 bits per heavy atom. The van der Waals surface area contributed by atoms with Gasteiger partial charge in [0, 0.05) is 13.1 Å². The highest BCUT2D eigenvalue weighted by atomic mass is 16.5. The Bertz CT molecular complexity index is 272. The van der Waals surface area contributed by atoms with E-state index in [0.717, 1.165) is 6.54 Å². The van der Waals surface area contributed by atoms with Crippen molar-refractivity contribution in [3.05, 3.63) is 0 Å². The molecule has 0 unspecified atom stereocenters. The number of nitrogens with one attached hydrogen (secondary N) is 2. The third kappa shape index (κ3) is 10.3. The van der Waals surface area contributed by atoms with Gasteiger partial charge < -0.3 is 25.4 Å². The van der Waals surface area contributed by atoms with E-state index in [0.29, 0.717) is 32.6 Å². The minimum atomic E-state index is -1.01. The zero-order valence-corrected chi connectivity index (χ0v) is 11.9. The second-order valence-corrected chi connectivity index (χ2v) is 4.50. The van der Waals surface area contributed by atoms with Crippen molar-refractivity contribution in [2.75, 3.05) is 40.4 Å². The summed E-state index contributed by atoms with van der Waals surface area (Å²) in [6, 6.07) is -1.31. The van der Waals surface area contributed by atoms with Crippen LogP contribution in [0.1, 0.15) is 19.8 Å². The zero-order chi connectivity index (χ0) is 14.7. The Morgan fingerprint density at radius 1 is 1.32 bits per heavy atom. The molecule has 1 atom stereocenters. The van der Waals surface area contributed by atoms with E-state index < -0.39 is 18.0 Å². The summed E-state index contributed by atoms with van der Waals surface area (Å²) in [6.45, 7) is 4.06. The molecule has 0 aliphatic carbocycles. The molecule has 0 fully saturated rings. The fraction of sp³-hybridized carbons (Fsp3) is 0.833. The Kier molecular flexibility index (Phi) is 9.82. The Morgan fingerprint density at radius 3 is 2.53 bits per heavy atom. The summed E-state index contributed by atoms with van der Waals surface area (Å²) in [5.74, 6) is -1.01. The van der Waals surface area contributed by atoms with Gasteiger partial charge in [-0.3, -0.25) is 0 Å². The molecule has 0 heterocycles. The lowest BCUT2D eigenvalue weighted by molar-refractivity contribution is -0.139. The van der Waals surface area contributed by atoms with Crippen LogP contribution in [-0.2, 0) is 9.53 Å². The maximum Gasteiger partial charge on any atom is 0.326 e. The van der Waals surface area contributed by atoms with Crippen molar-refractivity contribution < 1.29 is 19.4 Å². The molecule has 0 aliphatic rings. The van der Waals surface area contributed by atoms with E-state index in [-0.39, 0.29) is 0 Å². The molecule has 7 heteroatoms. The van der Waals surface area contributed by atoms with Crippen LogP contribution in [0.25, 0.3) is 0 Å². The van der Waals surface area contributed by atoms with E-state index in [9.17, 15) is 9.59 Å². The summed E-state index contributed by atoms with van der Waals surface area (Å²) < 4.78 is 5.29. The van der Waals surface area contributed by atoms with Crippen molar-refractivity contribution in [3.63, 3.8) is 0 Å². The molecule has 0 rings (SSSR count). The molecule has 0 radical (unpaired) electrons. The molecule has 19 heavy (non-hydrogen) atoms. The Labute approximate surface area is 114 Å². The SMILES string of the molecule is CCC[C@H](NC(=O)NCCOCCN(C)C)C(=O)O. The van der Waals surface area contributed by atoms with Crippen LogP contribution in [0.4, 0.5) is 4.79 Å². The largest absolute Gasteiger partial charge is 0.480 e. The minimum Gasteiger partial charge on any atom is -0.480 e. The first-order valence-corrected chi connectivity index (χ1v) is 6.47. The molecule has 2 amide bonds. The van der Waals surface area contributed by atoms with Crippen LogP contribution in [0.15, 0.2) is 0 Å². The molecule has 112 valence electrons. The molecule has 0 bridgehead atoms. The van der Waals surface area contributed by atoms with Gasteiger partial charge in [-0.25, -0.2) is 9.59 Å². The third-order valence-corrected chi connectivity index (χ3v) is 2.40. The van der Waals surface area contributed by atoms with Crippen molar-refractivity contribution >= 4 is 12.0 Å². The predicted molar refractivity (Wildman–Crippen MR) is 72.2 cm³/mol. The number of rotatable bonds is 10. The maximum absolute atomic E-state index is 11.4. The highest BCUT2D eigenvalue weighted by molar-refractivity contribution is 5.82. The zero-order valence-electron chi connectivity index (χ0n) is 11.9. The number of carbonyl (C=O) groups is 2. The highest BCUT2D eigenvalue weighted by Gasteiger charge is 2.18. The number of carboxylic acids is 1. The van der Waals surface area contributed by atoms with Crippen LogP contribution in [0.3, 0.4) is 0 Å². The van der Waals surface area contributed by atoms with Gasteiger partial charge in [-0.15, -0.1) is 0 Å². The van der Waals surface area contributed by atoms with Crippen LogP contribution < -0.4 is 10.6 Å². The number of urea groups is 1. The van der Waals surface area contributed by atoms with E-state index in [2.05, 4.69) is 10.6 Å². The molecule has 0 aromatic carbocycles. The molecule has 0 saturated heterocycles. The summed E-state index contributed by atoms with van der Waals surface area (Å²) >= 11 is 0. The minimum absolute atomic E-state index is 0.359. The Hall–Kier alpha value is -1.34. The van der Waals surface area contributed by atoms with E-state index >= 15 is 0 Å². The van der Waals surface area contributed by atoms with Crippen molar-refractivity contribution in [1.29, 1.82) is 0 Å². The van der Waals surface area contributed by atoms with Crippen molar-refractivity contribution in [1.82, 2.24) is 15.5 Å². The molecule has 0 aromatic rings. The van der Waals surface area contributed by atoms with Gasteiger partial charge in [0.2, 0.25) is 0 Å². The van der Waals surface area contributed by atoms with E-state index in [4.69, 9.17) is 9.84 Å². The number of aliphatic carboxylic acids is 1. The van der Waals surface area contributed by atoms with Crippen LogP contribution >= 0.6 is 0 Å². The van der Waals surface area contributed by atoms with Gasteiger partial charge in [0.25, 0.3) is 0 Å². The molecule has 7 nitrogen and oxygen atoms in total. The number of hydrogen-bond donors (Lipinski definition) is 3. The number of likely N-dealkylation sites (N-methyl/N-ethyl adjacent to an activating group) is 1. The van der Waals surface area contributed by atoms with Crippen molar-refractivity contribution in [2.24, 2.45) is 0 Å². The summed E-state index contributed by atoms with van der Waals surface area (Å²) in [7, 11) is 3.91. The van der Waals surface area contributed by atoms with E-state index in [1.165, 1.54) is 0 Å². The topological polar surface area (TPSA) is 90.9 Å². The van der Waals surface area contributed by atoms with Gasteiger partial charge in [0.15, 0.2) is 0 Å². The lowest BCUT2D eigenvalue weighted by Crippen LogP contribution is -2.46. The number of hydrogen-bond acceptors (Lipinski definition) is 4. The van der Waals surface area contributed by atoms with Gasteiger partial charge in [0.1, 0.15) is 6.04 Å². The number of carboxylic acid groups (broad SMARTS) is 1. The molecule has 3 N–H and O–H groups in total. The first-order valence-electron chi connectivity index (χ1n) is 6.47. The summed E-state index contributed by atoms with van der Waals surface area (Å²) in [5.41, 5.74) is 0. The number of carbonyl (C=O) groups excluding carboxylic acids is 1. The molecule has 0 saturated carbocycles. The number of ether oxygens (including phenoxy) is 1. The summed E-state index contributed by atoms with van der Waals surface area (Å²) in [4.78, 5) is 24.3. The number of nitrogens with zero attached hydrogens (tertiary/aromatic N) is 1. The van der Waals surface area contributed by atoms with Gasteiger partial charge >= 0.3 is 12.0 Å². The smallest absolute Gasteiger partial charge is 0.326 e. The first-order chi connectivity index (χ1) is 8.97. The van der Waals surface area contributed by atoms with Crippen LogP contribution in [0.2, 0.25) is 0 Å². The normalized spacial score (nSPS) is 12.2. The summed E-state index contributed by atoms with van der Waals surface area (Å²) in [6.07, 6.45) is 1.12. The lowest BCUT2D eigenvalue weighted by atomic mass is 10.2. The van der Waals surface area contributed by atoms with Crippen LogP contribution in [-0.4, -0.2) is 68.4 Å². The molecule has 0 aromatic heterocycles. The van der Waals surface area contributed by atoms with Gasteiger partial charge in [-0.2, -0.15) is 0 Å². The maximum atomic E-state index is 11.4. The van der Waals surface area contributed by atoms with Gasteiger partial charge in [-0.05, 0) is 20.5 Å². The van der Waals surface area contributed by atoms with Gasteiger partial charge in [-0.1, -0.05) is 13.3 Å². The van der Waals surface area contributed by atoms with Crippen LogP contribution in [0, 0.1) is 0 Å². The highest BCUT2D eigenvalue weighted by Crippen LogP contribution is 1.96. The predicted octanol–water partition coefficient (Wildman–Crippen LogP) is 0.117. The van der Waals surface area contributed by atoms with E-state index in [1.54, 1.807) is 0 Å². The van der Waals surface area contributed by atoms with Crippen molar-refractivity contribution in [2.45, 2.75) is 25.8 Å². The third-order valence-electron chi connectivity index (χ3n) is 2.40. The average Bonchev–Trinajstić information content (AvgIpc) is 2.32. The first kappa shape index (κ1) is 17.7. The standard InChI is InChI=1S/C12H25N3O4/c1-4-5-10(11(16)17)14-12(18)13-6-8-19-9-7-15(2)3/h10H,4-9H2,1-3H3,(H,16,17)(H2,13,14,18)/t10-/m0/s1. The Balaban J connectivity index is 3.65. The average molecular weight is 275 g/mol. The molecule has 0 aliphatic heterocycles. The fourth-order valence-electron chi connectivity index (χ4n) is 1.34. The van der Waals surface area contributed by atoms with Crippen LogP contribution in [0.5, 0.6) is 0 Å². The van der Waals surface area contributed by atoms with Crippen molar-refractivity contribution in [3.8, 4) is 0 Å². The quantitative estimate of drug-likeness (QED) is 0.493. The summed E-state index contributed by atoms with van der Waals surface area (Å²) in [5, 5.41) is 13.9. The second-order valence-electron chi connectivity index (χ2n) is 4.50. The molecular formula is C12H25N3O4. The van der Waals surface area contributed by atoms with E-state index in [1.807, 2.05) is 25.9 Å². The monoisotopic (exact) mass is 275 g/mol. The molecular weight excluding hydrogens is 250 g/mol. The van der Waals surface area contributed by atoms with Gasteiger partial charge in [0.05, 0.1) is 13.2 Å². The lowest BCUT2D eigenvalue weighted by Gasteiger charge is -2.14. The fourth-order valence-corrected chi connectivity index (χ4v) is 1.34. The molecule has 0 spiro atoms.